The highest BCUT2D eigenvalue weighted by Crippen LogP contribution is 2.29. The predicted molar refractivity (Wildman–Crippen MR) is 123 cm³/mol. The fourth-order valence-corrected chi connectivity index (χ4v) is 3.71. The Hall–Kier alpha value is -3.26. The zero-order valence-corrected chi connectivity index (χ0v) is 18.9. The summed E-state index contributed by atoms with van der Waals surface area (Å²) in [6.45, 7) is 7.01. The minimum absolute atomic E-state index is 0.207. The molecule has 8 heteroatoms. The van der Waals surface area contributed by atoms with Gasteiger partial charge in [0.1, 0.15) is 11.5 Å². The number of carbonyl (C=O) groups is 2. The molecule has 2 aromatic rings. The summed E-state index contributed by atoms with van der Waals surface area (Å²) in [5.74, 6) is 0.662. The quantitative estimate of drug-likeness (QED) is 0.600. The molecule has 0 radical (unpaired) electrons. The molecule has 2 aromatic carbocycles. The fraction of sp³-hybridized carbons (Fsp3) is 0.417. The molecule has 1 fully saturated rings. The van der Waals surface area contributed by atoms with Gasteiger partial charge in [0, 0.05) is 39.6 Å². The van der Waals surface area contributed by atoms with Crippen LogP contribution < -0.4 is 19.7 Å². The van der Waals surface area contributed by atoms with E-state index >= 15 is 0 Å². The largest absolute Gasteiger partial charge is 0.495 e. The number of amides is 1. The van der Waals surface area contributed by atoms with E-state index in [0.29, 0.717) is 18.0 Å². The number of rotatable bonds is 9. The highest BCUT2D eigenvalue weighted by molar-refractivity contribution is 5.90. The molecular weight excluding hydrogens is 410 g/mol. The maximum absolute atomic E-state index is 12.6. The van der Waals surface area contributed by atoms with E-state index < -0.39 is 12.1 Å². The molecule has 32 heavy (non-hydrogen) atoms. The van der Waals surface area contributed by atoms with Gasteiger partial charge >= 0.3 is 5.97 Å². The lowest BCUT2D eigenvalue weighted by atomic mass is 10.2. The molecule has 0 spiro atoms. The molecule has 1 atom stereocenters. The van der Waals surface area contributed by atoms with Gasteiger partial charge in [0.15, 0.2) is 0 Å². The first-order valence-electron chi connectivity index (χ1n) is 10.8. The first-order chi connectivity index (χ1) is 15.5. The van der Waals surface area contributed by atoms with Gasteiger partial charge in [-0.1, -0.05) is 24.3 Å². The van der Waals surface area contributed by atoms with Gasteiger partial charge in [0.2, 0.25) is 12.0 Å². The number of nitrogens with zero attached hydrogens (tertiary/aromatic N) is 2. The van der Waals surface area contributed by atoms with Gasteiger partial charge in [-0.3, -0.25) is 9.69 Å². The van der Waals surface area contributed by atoms with E-state index in [-0.39, 0.29) is 12.5 Å². The molecule has 8 nitrogen and oxygen atoms in total. The number of esters is 1. The van der Waals surface area contributed by atoms with Crippen molar-refractivity contribution in [3.8, 4) is 11.5 Å². The Bertz CT molecular complexity index is 912. The standard InChI is InChI=1S/C24H31N3O5/c1-4-31-24(29)23(32-21-11-7-5-9-19(21)25-18(2)28)17-26-13-15-27(16-14-26)20-10-6-8-12-22(20)30-3/h5-12,23H,4,13-17H2,1-3H3,(H,25,28). The number of anilines is 2. The molecule has 1 N–H and O–H groups in total. The molecule has 1 saturated heterocycles. The van der Waals surface area contributed by atoms with Gasteiger partial charge in [-0.15, -0.1) is 0 Å². The van der Waals surface area contributed by atoms with Crippen molar-refractivity contribution in [2.75, 3.05) is 56.7 Å². The molecule has 172 valence electrons. The average Bonchev–Trinajstić information content (AvgIpc) is 2.80. The number of methoxy groups -OCH3 is 1. The summed E-state index contributed by atoms with van der Waals surface area (Å²) in [6, 6.07) is 15.0. The summed E-state index contributed by atoms with van der Waals surface area (Å²) in [6.07, 6.45) is -0.803. The lowest BCUT2D eigenvalue weighted by Gasteiger charge is -2.37. The molecule has 3 rings (SSSR count). The van der Waals surface area contributed by atoms with E-state index in [9.17, 15) is 9.59 Å². The maximum Gasteiger partial charge on any atom is 0.348 e. The summed E-state index contributed by atoms with van der Waals surface area (Å²) in [5.41, 5.74) is 1.59. The summed E-state index contributed by atoms with van der Waals surface area (Å²) in [5, 5.41) is 2.74. The van der Waals surface area contributed by atoms with Gasteiger partial charge in [-0.25, -0.2) is 4.79 Å². The average molecular weight is 442 g/mol. The van der Waals surface area contributed by atoms with Gasteiger partial charge in [0.25, 0.3) is 0 Å². The highest BCUT2D eigenvalue weighted by atomic mass is 16.6. The topological polar surface area (TPSA) is 80.3 Å². The summed E-state index contributed by atoms with van der Waals surface area (Å²) < 4.78 is 16.8. The first-order valence-corrected chi connectivity index (χ1v) is 10.8. The second-order valence-corrected chi connectivity index (χ2v) is 7.50. The molecule has 1 aliphatic rings. The van der Waals surface area contributed by atoms with E-state index in [1.807, 2.05) is 18.2 Å². The summed E-state index contributed by atoms with van der Waals surface area (Å²) in [7, 11) is 1.68. The van der Waals surface area contributed by atoms with Crippen LogP contribution in [0.5, 0.6) is 11.5 Å². The number of piperazine rings is 1. The monoisotopic (exact) mass is 441 g/mol. The Labute approximate surface area is 189 Å². The number of carbonyl (C=O) groups excluding carboxylic acids is 2. The normalized spacial score (nSPS) is 15.0. The van der Waals surface area contributed by atoms with E-state index in [2.05, 4.69) is 21.2 Å². The van der Waals surface area contributed by atoms with Crippen LogP contribution in [0.25, 0.3) is 0 Å². The van der Waals surface area contributed by atoms with Gasteiger partial charge in [-0.05, 0) is 31.2 Å². The molecule has 0 aliphatic carbocycles. The lowest BCUT2D eigenvalue weighted by Crippen LogP contribution is -2.51. The summed E-state index contributed by atoms with van der Waals surface area (Å²) in [4.78, 5) is 28.6. The third kappa shape index (κ3) is 6.13. The highest BCUT2D eigenvalue weighted by Gasteiger charge is 2.28. The van der Waals surface area contributed by atoms with E-state index in [0.717, 1.165) is 37.6 Å². The molecule has 1 heterocycles. The Balaban J connectivity index is 1.67. The zero-order valence-electron chi connectivity index (χ0n) is 18.9. The molecule has 1 amide bonds. The van der Waals surface area contributed by atoms with Crippen LogP contribution in [0.2, 0.25) is 0 Å². The SMILES string of the molecule is CCOC(=O)C(CN1CCN(c2ccccc2OC)CC1)Oc1ccccc1NC(C)=O. The molecule has 0 aromatic heterocycles. The molecule has 1 unspecified atom stereocenters. The number of benzene rings is 2. The molecular formula is C24H31N3O5. The second-order valence-electron chi connectivity index (χ2n) is 7.50. The van der Waals surface area contributed by atoms with Crippen molar-refractivity contribution >= 4 is 23.3 Å². The summed E-state index contributed by atoms with van der Waals surface area (Å²) >= 11 is 0. The van der Waals surface area contributed by atoms with E-state index in [4.69, 9.17) is 14.2 Å². The van der Waals surface area contributed by atoms with Crippen LogP contribution in [-0.4, -0.2) is 69.3 Å². The van der Waals surface area contributed by atoms with E-state index in [1.54, 1.807) is 38.3 Å². The van der Waals surface area contributed by atoms with E-state index in [1.165, 1.54) is 6.92 Å². The number of nitrogens with one attached hydrogen (secondary N) is 1. The third-order valence-corrected chi connectivity index (χ3v) is 5.24. The predicted octanol–water partition coefficient (Wildman–Crippen LogP) is 2.79. The van der Waals surface area contributed by atoms with Crippen LogP contribution in [0.4, 0.5) is 11.4 Å². The van der Waals surface area contributed by atoms with Gasteiger partial charge in [-0.2, -0.15) is 0 Å². The van der Waals surface area contributed by atoms with Gasteiger partial charge < -0.3 is 24.4 Å². The fourth-order valence-electron chi connectivity index (χ4n) is 3.71. The molecule has 1 aliphatic heterocycles. The van der Waals surface area contributed by atoms with Crippen LogP contribution in [-0.2, 0) is 14.3 Å². The molecule has 0 saturated carbocycles. The van der Waals surface area contributed by atoms with Crippen molar-refractivity contribution in [1.29, 1.82) is 0 Å². The minimum Gasteiger partial charge on any atom is -0.495 e. The number of ether oxygens (including phenoxy) is 3. The Morgan fingerprint density at radius 3 is 2.31 bits per heavy atom. The van der Waals surface area contributed by atoms with Gasteiger partial charge in [0.05, 0.1) is 25.1 Å². The van der Waals surface area contributed by atoms with Crippen molar-refractivity contribution in [1.82, 2.24) is 4.90 Å². The van der Waals surface area contributed by atoms with Crippen LogP contribution in [0, 0.1) is 0 Å². The van der Waals surface area contributed by atoms with Crippen LogP contribution in [0.1, 0.15) is 13.8 Å². The third-order valence-electron chi connectivity index (χ3n) is 5.24. The number of para-hydroxylation sites is 4. The minimum atomic E-state index is -0.803. The number of hydrogen-bond donors (Lipinski definition) is 1. The zero-order chi connectivity index (χ0) is 22.9. The maximum atomic E-state index is 12.6. The second kappa shape index (κ2) is 11.4. The van der Waals surface area contributed by atoms with Crippen molar-refractivity contribution in [2.45, 2.75) is 20.0 Å². The smallest absolute Gasteiger partial charge is 0.348 e. The van der Waals surface area contributed by atoms with Crippen molar-refractivity contribution < 1.29 is 23.8 Å². The van der Waals surface area contributed by atoms with Crippen molar-refractivity contribution in [3.05, 3.63) is 48.5 Å². The van der Waals surface area contributed by atoms with Crippen molar-refractivity contribution in [3.63, 3.8) is 0 Å². The Kier molecular flexibility index (Phi) is 8.33. The van der Waals surface area contributed by atoms with Crippen LogP contribution >= 0.6 is 0 Å². The Morgan fingerprint density at radius 2 is 1.66 bits per heavy atom. The van der Waals surface area contributed by atoms with Crippen LogP contribution in [0.3, 0.4) is 0 Å². The van der Waals surface area contributed by atoms with Crippen molar-refractivity contribution in [2.24, 2.45) is 0 Å². The molecule has 0 bridgehead atoms. The Morgan fingerprint density at radius 1 is 1.00 bits per heavy atom. The first kappa shape index (κ1) is 23.4. The van der Waals surface area contributed by atoms with Crippen LogP contribution in [0.15, 0.2) is 48.5 Å². The lowest BCUT2D eigenvalue weighted by molar-refractivity contribution is -0.152. The number of hydrogen-bond acceptors (Lipinski definition) is 7.